The van der Waals surface area contributed by atoms with Crippen LogP contribution in [-0.4, -0.2) is 76.0 Å². The van der Waals surface area contributed by atoms with Gasteiger partial charge < -0.3 is 25.2 Å². The molecule has 2 amide bonds. The average Bonchev–Trinajstić information content (AvgIpc) is 3.21. The third-order valence-electron chi connectivity index (χ3n) is 5.46. The van der Waals surface area contributed by atoms with Gasteiger partial charge in [0.25, 0.3) is 5.91 Å². The number of carbonyl (C=O) groups is 2. The number of hydrogen-bond acceptors (Lipinski definition) is 4. The van der Waals surface area contributed by atoms with Crippen LogP contribution in [0.1, 0.15) is 31.2 Å². The first-order valence-electron chi connectivity index (χ1n) is 10.4. The zero-order valence-corrected chi connectivity index (χ0v) is 18.8. The molecule has 166 valence electrons. The molecule has 8 heteroatoms. The molecule has 0 saturated heterocycles. The summed E-state index contributed by atoms with van der Waals surface area (Å²) in [4.78, 5) is 31.9. The summed E-state index contributed by atoms with van der Waals surface area (Å²) in [6, 6.07) is 7.61. The lowest BCUT2D eigenvalue weighted by Crippen LogP contribution is -2.49. The minimum atomic E-state index is -0.353. The van der Waals surface area contributed by atoms with Crippen molar-refractivity contribution in [2.24, 2.45) is 10.4 Å². The number of rotatable bonds is 8. The van der Waals surface area contributed by atoms with Gasteiger partial charge in [-0.1, -0.05) is 25.0 Å². The van der Waals surface area contributed by atoms with Crippen molar-refractivity contribution < 1.29 is 14.3 Å². The van der Waals surface area contributed by atoms with Crippen molar-refractivity contribution in [1.82, 2.24) is 20.4 Å². The lowest BCUT2D eigenvalue weighted by molar-refractivity contribution is -0.138. The smallest absolute Gasteiger partial charge is 0.259 e. The van der Waals surface area contributed by atoms with E-state index in [2.05, 4.69) is 15.6 Å². The number of benzene rings is 1. The van der Waals surface area contributed by atoms with Gasteiger partial charge in [-0.3, -0.25) is 14.6 Å². The molecule has 0 unspecified atom stereocenters. The molecule has 1 saturated carbocycles. The highest BCUT2D eigenvalue weighted by Gasteiger charge is 2.42. The third kappa shape index (κ3) is 6.37. The summed E-state index contributed by atoms with van der Waals surface area (Å²) in [5.41, 5.74) is 0.654. The number of hydrogen-bond donors (Lipinski definition) is 2. The summed E-state index contributed by atoms with van der Waals surface area (Å²) in [5, 5.41) is 6.62. The third-order valence-corrected chi connectivity index (χ3v) is 5.46. The molecule has 1 fully saturated rings. The van der Waals surface area contributed by atoms with Crippen molar-refractivity contribution in [3.63, 3.8) is 0 Å². The number of ether oxygens (including phenoxy) is 1. The van der Waals surface area contributed by atoms with E-state index < -0.39 is 0 Å². The SMILES string of the molecule is CN=C(NCc1cccc(OCC(=O)N(C)C)c1)NCC1(C(=O)N(C)C)CCCC1. The summed E-state index contributed by atoms with van der Waals surface area (Å²) < 4.78 is 5.57. The Bertz CT molecular complexity index is 755. The molecule has 1 aliphatic rings. The van der Waals surface area contributed by atoms with Crippen LogP contribution in [0.25, 0.3) is 0 Å². The van der Waals surface area contributed by atoms with Gasteiger partial charge in [0.05, 0.1) is 5.41 Å². The molecule has 0 aromatic heterocycles. The first-order chi connectivity index (χ1) is 14.3. The Morgan fingerprint density at radius 2 is 1.80 bits per heavy atom. The summed E-state index contributed by atoms with van der Waals surface area (Å²) in [7, 11) is 8.75. The number of amides is 2. The van der Waals surface area contributed by atoms with E-state index in [0.29, 0.717) is 24.8 Å². The van der Waals surface area contributed by atoms with Crippen molar-refractivity contribution in [3.05, 3.63) is 29.8 Å². The summed E-state index contributed by atoms with van der Waals surface area (Å²) in [6.07, 6.45) is 3.96. The van der Waals surface area contributed by atoms with Gasteiger partial charge in [-0.15, -0.1) is 0 Å². The Morgan fingerprint density at radius 1 is 1.10 bits per heavy atom. The Hall–Kier alpha value is -2.77. The number of nitrogens with one attached hydrogen (secondary N) is 2. The molecule has 1 aromatic carbocycles. The van der Waals surface area contributed by atoms with Crippen molar-refractivity contribution in [2.45, 2.75) is 32.2 Å². The number of aliphatic imine (C=N–C) groups is 1. The van der Waals surface area contributed by atoms with Crippen LogP contribution in [0.15, 0.2) is 29.3 Å². The van der Waals surface area contributed by atoms with Crippen LogP contribution in [0.2, 0.25) is 0 Å². The number of carbonyl (C=O) groups excluding carboxylic acids is 2. The number of likely N-dealkylation sites (N-methyl/N-ethyl adjacent to an activating group) is 1. The lowest BCUT2D eigenvalue weighted by Gasteiger charge is -2.31. The van der Waals surface area contributed by atoms with Crippen LogP contribution in [0.3, 0.4) is 0 Å². The molecule has 0 heterocycles. The van der Waals surface area contributed by atoms with Crippen LogP contribution in [0, 0.1) is 5.41 Å². The van der Waals surface area contributed by atoms with Gasteiger partial charge >= 0.3 is 0 Å². The average molecular weight is 418 g/mol. The molecule has 0 spiro atoms. The van der Waals surface area contributed by atoms with Gasteiger partial charge in [0.1, 0.15) is 5.75 Å². The minimum Gasteiger partial charge on any atom is -0.484 e. The standard InChI is InChI=1S/C22H35N5O3/c1-23-21(25-16-22(11-6-7-12-22)20(29)27(4)5)24-14-17-9-8-10-18(13-17)30-15-19(28)26(2)3/h8-10,13H,6-7,11-12,14-16H2,1-5H3,(H2,23,24,25). The zero-order chi connectivity index (χ0) is 22.1. The maximum atomic E-state index is 12.7. The molecule has 2 rings (SSSR count). The zero-order valence-electron chi connectivity index (χ0n) is 18.8. The summed E-state index contributed by atoms with van der Waals surface area (Å²) in [6.45, 7) is 1.13. The van der Waals surface area contributed by atoms with Crippen molar-refractivity contribution in [2.75, 3.05) is 48.4 Å². The van der Waals surface area contributed by atoms with E-state index in [0.717, 1.165) is 31.2 Å². The Kier molecular flexibility index (Phi) is 8.50. The molecule has 1 aromatic rings. The van der Waals surface area contributed by atoms with Gasteiger partial charge in [-0.25, -0.2) is 0 Å². The first kappa shape index (κ1) is 23.5. The fourth-order valence-corrected chi connectivity index (χ4v) is 3.67. The monoisotopic (exact) mass is 417 g/mol. The molecule has 0 aliphatic heterocycles. The normalized spacial score (nSPS) is 15.4. The van der Waals surface area contributed by atoms with Gasteiger partial charge in [-0.2, -0.15) is 0 Å². The molecular formula is C22H35N5O3. The Morgan fingerprint density at radius 3 is 2.40 bits per heavy atom. The summed E-state index contributed by atoms with van der Waals surface area (Å²) in [5.74, 6) is 1.40. The van der Waals surface area contributed by atoms with E-state index in [1.54, 1.807) is 26.0 Å². The van der Waals surface area contributed by atoms with Gasteiger partial charge in [0, 0.05) is 48.3 Å². The molecule has 1 aliphatic carbocycles. The molecule has 8 nitrogen and oxygen atoms in total. The second kappa shape index (κ2) is 10.8. The van der Waals surface area contributed by atoms with Crippen molar-refractivity contribution in [1.29, 1.82) is 0 Å². The van der Waals surface area contributed by atoms with Crippen LogP contribution >= 0.6 is 0 Å². The lowest BCUT2D eigenvalue weighted by atomic mass is 9.84. The molecule has 0 bridgehead atoms. The molecular weight excluding hydrogens is 382 g/mol. The van der Waals surface area contributed by atoms with E-state index >= 15 is 0 Å². The largest absolute Gasteiger partial charge is 0.484 e. The van der Waals surface area contributed by atoms with E-state index in [9.17, 15) is 9.59 Å². The number of guanidine groups is 1. The van der Waals surface area contributed by atoms with Crippen LogP contribution in [0.5, 0.6) is 5.75 Å². The molecule has 0 atom stereocenters. The first-order valence-corrected chi connectivity index (χ1v) is 10.4. The fraction of sp³-hybridized carbons (Fsp3) is 0.591. The van der Waals surface area contributed by atoms with Crippen LogP contribution in [-0.2, 0) is 16.1 Å². The van der Waals surface area contributed by atoms with Gasteiger partial charge in [0.15, 0.2) is 12.6 Å². The second-order valence-corrected chi connectivity index (χ2v) is 8.19. The maximum absolute atomic E-state index is 12.7. The van der Waals surface area contributed by atoms with Gasteiger partial charge in [0.2, 0.25) is 5.91 Å². The topological polar surface area (TPSA) is 86.3 Å². The highest BCUT2D eigenvalue weighted by molar-refractivity contribution is 5.85. The second-order valence-electron chi connectivity index (χ2n) is 8.19. The predicted octanol–water partition coefficient (Wildman–Crippen LogP) is 1.47. The van der Waals surface area contributed by atoms with Crippen molar-refractivity contribution in [3.8, 4) is 5.75 Å². The van der Waals surface area contributed by atoms with Crippen molar-refractivity contribution >= 4 is 17.8 Å². The van der Waals surface area contributed by atoms with Crippen LogP contribution in [0.4, 0.5) is 0 Å². The summed E-state index contributed by atoms with van der Waals surface area (Å²) >= 11 is 0. The molecule has 2 N–H and O–H groups in total. The highest BCUT2D eigenvalue weighted by atomic mass is 16.5. The quantitative estimate of drug-likeness (QED) is 0.494. The van der Waals surface area contributed by atoms with E-state index in [1.807, 2.05) is 38.4 Å². The fourth-order valence-electron chi connectivity index (χ4n) is 3.67. The molecule has 30 heavy (non-hydrogen) atoms. The Balaban J connectivity index is 1.90. The van der Waals surface area contributed by atoms with Gasteiger partial charge in [-0.05, 0) is 30.5 Å². The van der Waals surface area contributed by atoms with E-state index in [4.69, 9.17) is 4.74 Å². The number of nitrogens with zero attached hydrogens (tertiary/aromatic N) is 3. The Labute approximate surface area is 179 Å². The van der Waals surface area contributed by atoms with Crippen LogP contribution < -0.4 is 15.4 Å². The van der Waals surface area contributed by atoms with E-state index in [1.165, 1.54) is 4.90 Å². The van der Waals surface area contributed by atoms with E-state index in [-0.39, 0.29) is 23.8 Å². The maximum Gasteiger partial charge on any atom is 0.259 e. The predicted molar refractivity (Wildman–Crippen MR) is 118 cm³/mol. The molecule has 0 radical (unpaired) electrons. The highest BCUT2D eigenvalue weighted by Crippen LogP contribution is 2.38. The minimum absolute atomic E-state index is 0.00902.